The van der Waals surface area contributed by atoms with Crippen LogP contribution < -0.4 is 5.43 Å². The molecule has 0 atom stereocenters. The average Bonchev–Trinajstić information content (AvgIpc) is 3.18. The highest BCUT2D eigenvalue weighted by Gasteiger charge is 2.18. The molecule has 0 saturated heterocycles. The van der Waals surface area contributed by atoms with Gasteiger partial charge in [-0.15, -0.1) is 0 Å². The average molecular weight is 345 g/mol. The molecule has 4 rings (SSSR count). The molecule has 0 amide bonds. The first-order chi connectivity index (χ1) is 12.7. The largest absolute Gasteiger partial charge is 0.503 e. The minimum atomic E-state index is -0.298. The van der Waals surface area contributed by atoms with Crippen molar-refractivity contribution in [1.82, 2.24) is 4.57 Å². The molecule has 26 heavy (non-hydrogen) atoms. The first-order valence-corrected chi connectivity index (χ1v) is 9.31. The van der Waals surface area contributed by atoms with Crippen LogP contribution in [-0.4, -0.2) is 9.67 Å². The number of hydrogen-bond acceptors (Lipinski definition) is 2. The van der Waals surface area contributed by atoms with Crippen LogP contribution in [0.5, 0.6) is 5.75 Å². The molecule has 0 radical (unpaired) electrons. The van der Waals surface area contributed by atoms with E-state index in [0.29, 0.717) is 5.92 Å². The SMILES string of the molecule is O=c1cc(CC2CCCC2)n(-c2cccc(-c3ccccc3)c2)cc1O. The zero-order chi connectivity index (χ0) is 17.9. The van der Waals surface area contributed by atoms with Crippen LogP contribution in [0.2, 0.25) is 0 Å². The van der Waals surface area contributed by atoms with E-state index in [-0.39, 0.29) is 11.2 Å². The molecule has 1 aromatic heterocycles. The normalized spacial score (nSPS) is 14.6. The van der Waals surface area contributed by atoms with Gasteiger partial charge in [0.2, 0.25) is 5.43 Å². The van der Waals surface area contributed by atoms with Gasteiger partial charge in [-0.05, 0) is 35.6 Å². The van der Waals surface area contributed by atoms with Gasteiger partial charge in [-0.1, -0.05) is 68.1 Å². The summed E-state index contributed by atoms with van der Waals surface area (Å²) in [7, 11) is 0. The number of nitrogens with zero attached hydrogens (tertiary/aromatic N) is 1. The van der Waals surface area contributed by atoms with Crippen LogP contribution in [-0.2, 0) is 6.42 Å². The van der Waals surface area contributed by atoms with Crippen molar-refractivity contribution in [3.8, 4) is 22.6 Å². The second-order valence-electron chi connectivity index (χ2n) is 7.16. The minimum absolute atomic E-state index is 0.203. The van der Waals surface area contributed by atoms with Gasteiger partial charge in [0.05, 0.1) is 6.20 Å². The fourth-order valence-electron chi connectivity index (χ4n) is 3.94. The van der Waals surface area contributed by atoms with E-state index in [4.69, 9.17) is 0 Å². The number of pyridine rings is 1. The number of aromatic nitrogens is 1. The minimum Gasteiger partial charge on any atom is -0.503 e. The highest BCUT2D eigenvalue weighted by molar-refractivity contribution is 5.66. The second kappa shape index (κ2) is 7.20. The van der Waals surface area contributed by atoms with Gasteiger partial charge in [-0.3, -0.25) is 4.79 Å². The van der Waals surface area contributed by atoms with Gasteiger partial charge >= 0.3 is 0 Å². The number of rotatable bonds is 4. The van der Waals surface area contributed by atoms with Gasteiger partial charge in [-0.25, -0.2) is 0 Å². The monoisotopic (exact) mass is 345 g/mol. The van der Waals surface area contributed by atoms with Crippen LogP contribution in [0.3, 0.4) is 0 Å². The summed E-state index contributed by atoms with van der Waals surface area (Å²) in [5, 5.41) is 10.00. The summed E-state index contributed by atoms with van der Waals surface area (Å²) in [6, 6.07) is 20.1. The molecule has 1 aliphatic carbocycles. The van der Waals surface area contributed by atoms with Crippen LogP contribution in [0, 0.1) is 5.92 Å². The van der Waals surface area contributed by atoms with Gasteiger partial charge in [0.15, 0.2) is 5.75 Å². The van der Waals surface area contributed by atoms with Crippen LogP contribution in [0.1, 0.15) is 31.4 Å². The van der Waals surface area contributed by atoms with E-state index < -0.39 is 0 Å². The molecule has 3 aromatic rings. The van der Waals surface area contributed by atoms with Gasteiger partial charge < -0.3 is 9.67 Å². The summed E-state index contributed by atoms with van der Waals surface area (Å²) in [5.41, 5.74) is 3.91. The molecule has 1 saturated carbocycles. The fourth-order valence-corrected chi connectivity index (χ4v) is 3.94. The predicted molar refractivity (Wildman–Crippen MR) is 105 cm³/mol. The molecule has 1 N–H and O–H groups in total. The van der Waals surface area contributed by atoms with Crippen molar-refractivity contribution in [3.63, 3.8) is 0 Å². The van der Waals surface area contributed by atoms with E-state index in [2.05, 4.69) is 24.3 Å². The zero-order valence-electron chi connectivity index (χ0n) is 14.8. The molecule has 0 spiro atoms. The van der Waals surface area contributed by atoms with Gasteiger partial charge in [-0.2, -0.15) is 0 Å². The third kappa shape index (κ3) is 3.43. The molecule has 0 unspecified atom stereocenters. The zero-order valence-corrected chi connectivity index (χ0v) is 14.8. The Kier molecular flexibility index (Phi) is 4.61. The number of aromatic hydroxyl groups is 1. The van der Waals surface area contributed by atoms with E-state index in [0.717, 1.165) is 28.9 Å². The molecule has 132 valence electrons. The van der Waals surface area contributed by atoms with E-state index in [9.17, 15) is 9.90 Å². The van der Waals surface area contributed by atoms with Crippen molar-refractivity contribution >= 4 is 0 Å². The van der Waals surface area contributed by atoms with Crippen molar-refractivity contribution < 1.29 is 5.11 Å². The Labute approximate surface area is 153 Å². The van der Waals surface area contributed by atoms with E-state index in [1.54, 1.807) is 12.3 Å². The Morgan fingerprint density at radius 1 is 0.923 bits per heavy atom. The standard InChI is InChI=1S/C23H23NO2/c25-22-15-21(13-17-7-4-5-8-17)24(16-23(22)26)20-12-6-11-19(14-20)18-9-2-1-3-10-18/h1-3,6,9-12,14-17,26H,4-5,7-8,13H2. The molecule has 3 nitrogen and oxygen atoms in total. The first-order valence-electron chi connectivity index (χ1n) is 9.31. The molecule has 1 heterocycles. The lowest BCUT2D eigenvalue weighted by Crippen LogP contribution is -2.14. The van der Waals surface area contributed by atoms with Crippen molar-refractivity contribution in [2.75, 3.05) is 0 Å². The molecule has 3 heteroatoms. The number of hydrogen-bond donors (Lipinski definition) is 1. The van der Waals surface area contributed by atoms with Crippen molar-refractivity contribution in [3.05, 3.63) is 82.8 Å². The highest BCUT2D eigenvalue weighted by atomic mass is 16.3. The third-order valence-electron chi connectivity index (χ3n) is 5.31. The quantitative estimate of drug-likeness (QED) is 0.727. The Balaban J connectivity index is 1.77. The maximum Gasteiger partial charge on any atom is 0.223 e. The van der Waals surface area contributed by atoms with Crippen LogP contribution in [0.4, 0.5) is 0 Å². The highest BCUT2D eigenvalue weighted by Crippen LogP contribution is 2.29. The van der Waals surface area contributed by atoms with Crippen LogP contribution in [0.15, 0.2) is 71.7 Å². The molecular weight excluding hydrogens is 322 g/mol. The maximum atomic E-state index is 12.0. The van der Waals surface area contributed by atoms with Gasteiger partial charge in [0.25, 0.3) is 0 Å². The molecular formula is C23H23NO2. The summed E-state index contributed by atoms with van der Waals surface area (Å²) >= 11 is 0. The summed E-state index contributed by atoms with van der Waals surface area (Å²) in [5.74, 6) is 0.424. The number of benzene rings is 2. The predicted octanol–water partition coefficient (Wildman–Crippen LogP) is 4.94. The van der Waals surface area contributed by atoms with E-state index in [1.807, 2.05) is 34.9 Å². The molecule has 1 fully saturated rings. The lowest BCUT2D eigenvalue weighted by Gasteiger charge is -2.17. The van der Waals surface area contributed by atoms with E-state index in [1.165, 1.54) is 25.7 Å². The third-order valence-corrected chi connectivity index (χ3v) is 5.31. The lowest BCUT2D eigenvalue weighted by molar-refractivity contribution is 0.461. The maximum absolute atomic E-state index is 12.0. The summed E-state index contributed by atoms with van der Waals surface area (Å²) in [6.45, 7) is 0. The molecule has 0 aliphatic heterocycles. The molecule has 2 aromatic carbocycles. The van der Waals surface area contributed by atoms with E-state index >= 15 is 0 Å². The lowest BCUT2D eigenvalue weighted by atomic mass is 10.0. The van der Waals surface area contributed by atoms with Crippen molar-refractivity contribution in [1.29, 1.82) is 0 Å². The smallest absolute Gasteiger partial charge is 0.223 e. The van der Waals surface area contributed by atoms with Crippen LogP contribution in [0.25, 0.3) is 16.8 Å². The van der Waals surface area contributed by atoms with Crippen molar-refractivity contribution in [2.24, 2.45) is 5.92 Å². The van der Waals surface area contributed by atoms with Crippen LogP contribution >= 0.6 is 0 Å². The van der Waals surface area contributed by atoms with Gasteiger partial charge in [0, 0.05) is 17.4 Å². The topological polar surface area (TPSA) is 42.2 Å². The Morgan fingerprint density at radius 3 is 2.42 bits per heavy atom. The molecule has 0 bridgehead atoms. The summed E-state index contributed by atoms with van der Waals surface area (Å²) < 4.78 is 1.97. The summed E-state index contributed by atoms with van der Waals surface area (Å²) in [6.07, 6.45) is 7.44. The fraction of sp³-hybridized carbons (Fsp3) is 0.261. The summed E-state index contributed by atoms with van der Waals surface area (Å²) in [4.78, 5) is 12.0. The molecule has 1 aliphatic rings. The second-order valence-corrected chi connectivity index (χ2v) is 7.16. The first kappa shape index (κ1) is 16.6. The Hall–Kier alpha value is -2.81. The van der Waals surface area contributed by atoms with Gasteiger partial charge in [0.1, 0.15) is 0 Å². The Bertz CT molecular complexity index is 953. The van der Waals surface area contributed by atoms with Crippen molar-refractivity contribution in [2.45, 2.75) is 32.1 Å². The Morgan fingerprint density at radius 2 is 1.65 bits per heavy atom.